The van der Waals surface area contributed by atoms with E-state index in [1.54, 1.807) is 30.3 Å². The number of halogens is 2. The monoisotopic (exact) mass is 492 g/mol. The molecule has 1 saturated heterocycles. The summed E-state index contributed by atoms with van der Waals surface area (Å²) >= 11 is 9.41. The fraction of sp³-hybridized carbons (Fsp3) is 0.190. The van der Waals surface area contributed by atoms with Gasteiger partial charge in [0.2, 0.25) is 0 Å². The number of nitrogens with one attached hydrogen (secondary N) is 1. The second kappa shape index (κ2) is 9.32. The molecular weight excluding hydrogens is 476 g/mol. The lowest BCUT2D eigenvalue weighted by Crippen LogP contribution is -2.54. The van der Waals surface area contributed by atoms with Crippen molar-refractivity contribution in [1.82, 2.24) is 5.32 Å². The molecule has 1 fully saturated rings. The molecule has 2 aromatic carbocycles. The molecule has 3 rings (SSSR count). The number of rotatable bonds is 6. The van der Waals surface area contributed by atoms with E-state index in [4.69, 9.17) is 21.1 Å². The number of ether oxygens (including phenoxy) is 2. The minimum Gasteiger partial charge on any atom is -0.493 e. The third-order valence-electron chi connectivity index (χ3n) is 4.18. The molecule has 0 bridgehead atoms. The van der Waals surface area contributed by atoms with Crippen LogP contribution in [0, 0.1) is 0 Å². The van der Waals surface area contributed by atoms with Gasteiger partial charge in [-0.3, -0.25) is 14.9 Å². The molecule has 1 N–H and O–H groups in total. The van der Waals surface area contributed by atoms with Crippen LogP contribution >= 0.6 is 27.5 Å². The Kier molecular flexibility index (Phi) is 6.79. The van der Waals surface area contributed by atoms with Gasteiger partial charge in [-0.1, -0.05) is 24.6 Å². The van der Waals surface area contributed by atoms with Crippen molar-refractivity contribution in [1.29, 1.82) is 0 Å². The number of carbonyl (C=O) groups is 3. The number of urea groups is 1. The Hall–Kier alpha value is -2.84. The van der Waals surface area contributed by atoms with Crippen LogP contribution in [-0.2, 0) is 9.59 Å². The average molecular weight is 494 g/mol. The van der Waals surface area contributed by atoms with E-state index in [0.717, 1.165) is 11.3 Å². The molecule has 1 aliphatic heterocycles. The van der Waals surface area contributed by atoms with Gasteiger partial charge in [-0.05, 0) is 64.3 Å². The van der Waals surface area contributed by atoms with Gasteiger partial charge in [-0.25, -0.2) is 9.69 Å². The number of imide groups is 2. The van der Waals surface area contributed by atoms with Crippen molar-refractivity contribution in [2.75, 3.05) is 18.6 Å². The first-order valence-electron chi connectivity index (χ1n) is 9.03. The zero-order valence-corrected chi connectivity index (χ0v) is 18.5. The van der Waals surface area contributed by atoms with Gasteiger partial charge >= 0.3 is 6.03 Å². The third-order valence-corrected chi connectivity index (χ3v) is 5.01. The van der Waals surface area contributed by atoms with Crippen LogP contribution in [0.25, 0.3) is 6.08 Å². The van der Waals surface area contributed by atoms with Crippen molar-refractivity contribution in [2.45, 2.75) is 13.3 Å². The van der Waals surface area contributed by atoms with E-state index in [2.05, 4.69) is 21.2 Å². The summed E-state index contributed by atoms with van der Waals surface area (Å²) in [7, 11) is 1.50. The molecule has 1 aliphatic rings. The van der Waals surface area contributed by atoms with Crippen LogP contribution in [0.4, 0.5) is 10.5 Å². The SMILES string of the molecule is CCCOc1c(Br)cc(/C=C2\C(=O)NC(=O)N(c3cccc(Cl)c3)C2=O)cc1OC. The number of amides is 4. The van der Waals surface area contributed by atoms with Crippen molar-refractivity contribution >= 4 is 57.1 Å². The number of carbonyl (C=O) groups excluding carboxylic acids is 3. The minimum absolute atomic E-state index is 0.203. The molecule has 30 heavy (non-hydrogen) atoms. The van der Waals surface area contributed by atoms with Crippen molar-refractivity contribution in [3.8, 4) is 11.5 Å². The van der Waals surface area contributed by atoms with E-state index in [1.807, 2.05) is 6.92 Å². The van der Waals surface area contributed by atoms with Gasteiger partial charge in [-0.2, -0.15) is 0 Å². The van der Waals surface area contributed by atoms with E-state index in [0.29, 0.717) is 33.2 Å². The first-order chi connectivity index (χ1) is 14.3. The van der Waals surface area contributed by atoms with Crippen molar-refractivity contribution in [3.05, 3.63) is 57.0 Å². The highest BCUT2D eigenvalue weighted by atomic mass is 79.9. The maximum absolute atomic E-state index is 13.0. The number of methoxy groups -OCH3 is 1. The summed E-state index contributed by atoms with van der Waals surface area (Å²) in [5, 5.41) is 2.53. The zero-order valence-electron chi connectivity index (χ0n) is 16.2. The van der Waals surface area contributed by atoms with E-state index in [-0.39, 0.29) is 11.3 Å². The zero-order chi connectivity index (χ0) is 21.8. The van der Waals surface area contributed by atoms with E-state index in [1.165, 1.54) is 19.3 Å². The summed E-state index contributed by atoms with van der Waals surface area (Å²) in [4.78, 5) is 38.5. The fourth-order valence-corrected chi connectivity index (χ4v) is 3.60. The van der Waals surface area contributed by atoms with Gasteiger partial charge in [0.25, 0.3) is 11.8 Å². The van der Waals surface area contributed by atoms with Crippen LogP contribution in [-0.4, -0.2) is 31.6 Å². The number of hydrogen-bond acceptors (Lipinski definition) is 5. The van der Waals surface area contributed by atoms with E-state index < -0.39 is 17.8 Å². The highest BCUT2D eigenvalue weighted by Crippen LogP contribution is 2.37. The van der Waals surface area contributed by atoms with Gasteiger partial charge in [-0.15, -0.1) is 0 Å². The van der Waals surface area contributed by atoms with Gasteiger partial charge in [0.1, 0.15) is 5.57 Å². The number of nitrogens with zero attached hydrogens (tertiary/aromatic N) is 1. The molecule has 4 amide bonds. The Morgan fingerprint density at radius 1 is 1.20 bits per heavy atom. The Morgan fingerprint density at radius 2 is 1.97 bits per heavy atom. The molecule has 0 saturated carbocycles. The average Bonchev–Trinajstić information content (AvgIpc) is 2.70. The Morgan fingerprint density at radius 3 is 2.63 bits per heavy atom. The smallest absolute Gasteiger partial charge is 0.335 e. The molecule has 7 nitrogen and oxygen atoms in total. The van der Waals surface area contributed by atoms with Crippen LogP contribution < -0.4 is 19.7 Å². The Bertz CT molecular complexity index is 1050. The molecule has 0 aromatic heterocycles. The molecule has 2 aromatic rings. The van der Waals surface area contributed by atoms with Crippen molar-refractivity contribution in [3.63, 3.8) is 0 Å². The maximum atomic E-state index is 13.0. The van der Waals surface area contributed by atoms with Crippen LogP contribution in [0.2, 0.25) is 5.02 Å². The maximum Gasteiger partial charge on any atom is 0.335 e. The van der Waals surface area contributed by atoms with Crippen LogP contribution in [0.15, 0.2) is 46.4 Å². The first kappa shape index (κ1) is 21.9. The molecular formula is C21H18BrClN2O5. The van der Waals surface area contributed by atoms with Crippen LogP contribution in [0.3, 0.4) is 0 Å². The number of barbiturate groups is 1. The van der Waals surface area contributed by atoms with E-state index in [9.17, 15) is 14.4 Å². The summed E-state index contributed by atoms with van der Waals surface area (Å²) < 4.78 is 11.7. The lowest BCUT2D eigenvalue weighted by atomic mass is 10.1. The number of hydrogen-bond donors (Lipinski definition) is 1. The quantitative estimate of drug-likeness (QED) is 0.471. The van der Waals surface area contributed by atoms with Crippen molar-refractivity contribution < 1.29 is 23.9 Å². The number of anilines is 1. The Labute approximate surface area is 186 Å². The lowest BCUT2D eigenvalue weighted by molar-refractivity contribution is -0.122. The lowest BCUT2D eigenvalue weighted by Gasteiger charge is -2.26. The third kappa shape index (κ3) is 4.49. The largest absolute Gasteiger partial charge is 0.493 e. The summed E-state index contributed by atoms with van der Waals surface area (Å²) in [5.41, 5.74) is 0.567. The highest BCUT2D eigenvalue weighted by molar-refractivity contribution is 9.10. The van der Waals surface area contributed by atoms with Crippen LogP contribution in [0.5, 0.6) is 11.5 Å². The molecule has 0 unspecified atom stereocenters. The normalized spacial score (nSPS) is 15.4. The predicted molar refractivity (Wildman–Crippen MR) is 117 cm³/mol. The predicted octanol–water partition coefficient (Wildman–Crippen LogP) is 4.57. The Balaban J connectivity index is 2.01. The molecule has 156 valence electrons. The van der Waals surface area contributed by atoms with Crippen LogP contribution in [0.1, 0.15) is 18.9 Å². The summed E-state index contributed by atoms with van der Waals surface area (Å²) in [6, 6.07) is 8.74. The van der Waals surface area contributed by atoms with E-state index >= 15 is 0 Å². The first-order valence-corrected chi connectivity index (χ1v) is 10.2. The van der Waals surface area contributed by atoms with Gasteiger partial charge < -0.3 is 9.47 Å². The second-order valence-corrected chi connectivity index (χ2v) is 7.61. The topological polar surface area (TPSA) is 84.9 Å². The number of benzene rings is 2. The van der Waals surface area contributed by atoms with Gasteiger partial charge in [0.05, 0.1) is 23.9 Å². The molecule has 0 aliphatic carbocycles. The highest BCUT2D eigenvalue weighted by Gasteiger charge is 2.37. The van der Waals surface area contributed by atoms with Gasteiger partial charge in [0.15, 0.2) is 11.5 Å². The minimum atomic E-state index is -0.841. The molecule has 0 atom stereocenters. The summed E-state index contributed by atoms with van der Waals surface area (Å²) in [5.74, 6) is -0.579. The molecule has 9 heteroatoms. The second-order valence-electron chi connectivity index (χ2n) is 6.32. The van der Waals surface area contributed by atoms with Gasteiger partial charge in [0, 0.05) is 5.02 Å². The fourth-order valence-electron chi connectivity index (χ4n) is 2.84. The van der Waals surface area contributed by atoms with Crippen molar-refractivity contribution in [2.24, 2.45) is 0 Å². The summed E-state index contributed by atoms with van der Waals surface area (Å²) in [6.45, 7) is 2.49. The molecule has 0 radical (unpaired) electrons. The standard InChI is InChI=1S/C21H18BrClN2O5/c1-3-7-30-18-16(22)9-12(10-17(18)29-2)8-15-19(26)24-21(28)25(20(15)27)14-6-4-5-13(23)11-14/h4-6,8-11H,3,7H2,1-2H3,(H,24,26,28)/b15-8+. The molecule has 1 heterocycles. The molecule has 0 spiro atoms. The summed E-state index contributed by atoms with van der Waals surface area (Å²) in [6.07, 6.45) is 2.21.